The summed E-state index contributed by atoms with van der Waals surface area (Å²) < 4.78 is 29.6. The zero-order valence-electron chi connectivity index (χ0n) is 19.1. The summed E-state index contributed by atoms with van der Waals surface area (Å²) >= 11 is -4.83. The van der Waals surface area contributed by atoms with Crippen molar-refractivity contribution >= 4 is 20.1 Å². The van der Waals surface area contributed by atoms with Crippen molar-refractivity contribution in [3.8, 4) is 0 Å². The van der Waals surface area contributed by atoms with Crippen LogP contribution in [-0.2, 0) is 0 Å². The first-order valence-electron chi connectivity index (χ1n) is 12.3. The Morgan fingerprint density at radius 3 is 1.38 bits per heavy atom. The molecule has 168 valence electrons. The van der Waals surface area contributed by atoms with E-state index in [0.29, 0.717) is 12.2 Å². The van der Waals surface area contributed by atoms with Gasteiger partial charge in [-0.25, -0.2) is 0 Å². The molecular weight excluding hydrogens is 425 g/mol. The van der Waals surface area contributed by atoms with Crippen molar-refractivity contribution in [3.05, 3.63) is 30.3 Å². The number of benzene rings is 1. The zero-order valence-corrected chi connectivity index (χ0v) is 21.2. The summed E-state index contributed by atoms with van der Waals surface area (Å²) in [6.07, 6.45) is 21.0. The summed E-state index contributed by atoms with van der Waals surface area (Å²) in [6.45, 7) is 2.78. The average molecular weight is 470 g/mol. The van der Waals surface area contributed by atoms with E-state index in [9.17, 15) is 7.00 Å². The second-order valence-corrected chi connectivity index (χ2v) is 13.3. The van der Waals surface area contributed by atoms with Crippen LogP contribution in [0.5, 0.6) is 0 Å². The number of rotatable bonds is 19. The minimum absolute atomic E-state index is 0.506. The standard InChI is InChI=1S/C25H45F2GeN/c1-3-4-5-6-7-8-9-10-11-12-13-14-15-16-17-21-24-29(28(2,26)27)25-22-19-18-20-23-25/h18-20,22-23H,3-17,21,24H2,1-2H3. The molecule has 0 aliphatic heterocycles. The van der Waals surface area contributed by atoms with Crippen LogP contribution in [0.1, 0.15) is 110 Å². The number of nitrogens with zero attached hydrogens (tertiary/aromatic N) is 1. The Bertz CT molecular complexity index is 475. The molecule has 0 fully saturated rings. The molecule has 0 saturated carbocycles. The van der Waals surface area contributed by atoms with Crippen molar-refractivity contribution in [3.63, 3.8) is 0 Å². The van der Waals surface area contributed by atoms with Crippen molar-refractivity contribution in [1.29, 1.82) is 0 Å². The molecule has 0 saturated heterocycles. The van der Waals surface area contributed by atoms with Crippen LogP contribution in [0.2, 0.25) is 5.76 Å². The second kappa shape index (κ2) is 17.1. The Morgan fingerprint density at radius 2 is 1.00 bits per heavy atom. The van der Waals surface area contributed by atoms with Gasteiger partial charge < -0.3 is 0 Å². The third-order valence-electron chi connectivity index (χ3n) is 5.78. The summed E-state index contributed by atoms with van der Waals surface area (Å²) in [4.78, 5) is 0. The van der Waals surface area contributed by atoms with Crippen LogP contribution in [0.25, 0.3) is 0 Å². The van der Waals surface area contributed by atoms with Crippen LogP contribution in [0.4, 0.5) is 12.7 Å². The van der Waals surface area contributed by atoms with Gasteiger partial charge in [0.1, 0.15) is 0 Å². The first-order valence-corrected chi connectivity index (χ1v) is 16.9. The van der Waals surface area contributed by atoms with Crippen LogP contribution >= 0.6 is 0 Å². The van der Waals surface area contributed by atoms with Gasteiger partial charge in [-0.3, -0.25) is 0 Å². The molecular formula is C25H45F2GeN. The van der Waals surface area contributed by atoms with Gasteiger partial charge in [0, 0.05) is 0 Å². The van der Waals surface area contributed by atoms with Gasteiger partial charge >= 0.3 is 138 Å². The summed E-state index contributed by atoms with van der Waals surface area (Å²) in [5, 5.41) is 0. The first kappa shape index (κ1) is 26.5. The number of halogens is 2. The number of anilines is 1. The molecule has 0 N–H and O–H groups in total. The average Bonchev–Trinajstić information content (AvgIpc) is 2.70. The van der Waals surface area contributed by atoms with E-state index in [-0.39, 0.29) is 0 Å². The predicted octanol–water partition coefficient (Wildman–Crippen LogP) is 9.26. The van der Waals surface area contributed by atoms with E-state index in [2.05, 4.69) is 6.92 Å². The Labute approximate surface area is 183 Å². The van der Waals surface area contributed by atoms with Crippen molar-refractivity contribution < 1.29 is 7.00 Å². The predicted molar refractivity (Wildman–Crippen MR) is 127 cm³/mol. The molecule has 0 amide bonds. The molecule has 0 aromatic heterocycles. The molecule has 1 aromatic carbocycles. The Balaban J connectivity index is 1.94. The van der Waals surface area contributed by atoms with Gasteiger partial charge in [-0.05, 0) is 0 Å². The Morgan fingerprint density at radius 1 is 0.621 bits per heavy atom. The van der Waals surface area contributed by atoms with Crippen molar-refractivity contribution in [2.24, 2.45) is 0 Å². The van der Waals surface area contributed by atoms with Crippen LogP contribution in [-0.4, -0.2) is 21.0 Å². The molecule has 0 heterocycles. The quantitative estimate of drug-likeness (QED) is 0.144. The second-order valence-electron chi connectivity index (χ2n) is 8.63. The SMILES string of the molecule is CCCCCCCCCCCCCCCCCC[N](c1ccccc1)[Ge]([CH3])([F])[F]. The van der Waals surface area contributed by atoms with Gasteiger partial charge in [0.25, 0.3) is 0 Å². The van der Waals surface area contributed by atoms with Crippen LogP contribution in [0.15, 0.2) is 30.3 Å². The molecule has 0 spiro atoms. The number of hydrogen-bond donors (Lipinski definition) is 0. The molecule has 0 atom stereocenters. The fourth-order valence-electron chi connectivity index (χ4n) is 3.98. The number of hydrogen-bond acceptors (Lipinski definition) is 1. The van der Waals surface area contributed by atoms with Gasteiger partial charge in [0.05, 0.1) is 0 Å². The normalized spacial score (nSPS) is 11.7. The summed E-state index contributed by atoms with van der Waals surface area (Å²) in [6, 6.07) is 9.22. The van der Waals surface area contributed by atoms with Crippen LogP contribution in [0.3, 0.4) is 0 Å². The van der Waals surface area contributed by atoms with E-state index >= 15 is 0 Å². The zero-order chi connectivity index (χ0) is 21.2. The minimum atomic E-state index is -4.83. The third kappa shape index (κ3) is 14.1. The van der Waals surface area contributed by atoms with Crippen molar-refractivity contribution in [2.75, 3.05) is 10.4 Å². The molecule has 0 bridgehead atoms. The van der Waals surface area contributed by atoms with Gasteiger partial charge in [-0.15, -0.1) is 0 Å². The van der Waals surface area contributed by atoms with Crippen molar-refractivity contribution in [1.82, 2.24) is 0 Å². The fourth-order valence-corrected chi connectivity index (χ4v) is 6.40. The Kier molecular flexibility index (Phi) is 15.6. The van der Waals surface area contributed by atoms with E-state index < -0.39 is 14.4 Å². The van der Waals surface area contributed by atoms with Crippen LogP contribution < -0.4 is 3.86 Å². The summed E-state index contributed by atoms with van der Waals surface area (Å²) in [5.74, 6) is 1.18. The monoisotopic (exact) mass is 471 g/mol. The topological polar surface area (TPSA) is 3.24 Å². The van der Waals surface area contributed by atoms with E-state index in [1.165, 1.54) is 99.5 Å². The molecule has 0 unspecified atom stereocenters. The van der Waals surface area contributed by atoms with Gasteiger partial charge in [-0.2, -0.15) is 0 Å². The van der Waals surface area contributed by atoms with Crippen molar-refractivity contribution in [2.45, 2.75) is 115 Å². The third-order valence-corrected chi connectivity index (χ3v) is 8.78. The van der Waals surface area contributed by atoms with E-state index in [0.717, 1.165) is 12.8 Å². The number of unbranched alkanes of at least 4 members (excludes halogenated alkanes) is 15. The maximum absolute atomic E-state index is 14.1. The Hall–Kier alpha value is -0.577. The molecule has 4 heteroatoms. The van der Waals surface area contributed by atoms with Gasteiger partial charge in [0.15, 0.2) is 0 Å². The molecule has 0 aliphatic carbocycles. The fraction of sp³-hybridized carbons (Fsp3) is 0.760. The molecule has 1 rings (SSSR count). The maximum atomic E-state index is 14.1. The molecule has 0 aliphatic rings. The molecule has 29 heavy (non-hydrogen) atoms. The van der Waals surface area contributed by atoms with Crippen LogP contribution in [0, 0.1) is 0 Å². The molecule has 1 nitrogen and oxygen atoms in total. The number of para-hydroxylation sites is 1. The summed E-state index contributed by atoms with van der Waals surface area (Å²) in [5.41, 5.74) is 0.695. The first-order chi connectivity index (χ1) is 14.1. The molecule has 1 aromatic rings. The summed E-state index contributed by atoms with van der Waals surface area (Å²) in [7, 11) is 0. The van der Waals surface area contributed by atoms with Gasteiger partial charge in [0.2, 0.25) is 0 Å². The van der Waals surface area contributed by atoms with E-state index in [4.69, 9.17) is 0 Å². The molecule has 0 radical (unpaired) electrons. The van der Waals surface area contributed by atoms with E-state index in [1.54, 1.807) is 0 Å². The van der Waals surface area contributed by atoms with E-state index in [1.807, 2.05) is 30.3 Å². The van der Waals surface area contributed by atoms with Gasteiger partial charge in [-0.1, -0.05) is 45.4 Å².